The second-order valence-corrected chi connectivity index (χ2v) is 16.5. The van der Waals surface area contributed by atoms with Gasteiger partial charge in [0.25, 0.3) is 0 Å². The standard InChI is InChI=1S/C32H43FN2O4Si/c1-32(2,3)40(5,6)39-29(23-9-13-25(33)14-10-23)20-19-28(31(36)37)30(24-11-17-27(38-4)18-12-24)35-26-15-7-22(21-34)8-16-26/h7-18,28-30,35H,19-21,34H2,1-6H3,(H,36,37)/t28-,29+,30?/m1/s1. The minimum absolute atomic E-state index is 0.0413. The van der Waals surface area contributed by atoms with E-state index in [1.54, 1.807) is 19.2 Å². The van der Waals surface area contributed by atoms with Crippen molar-refractivity contribution in [3.8, 4) is 5.75 Å². The summed E-state index contributed by atoms with van der Waals surface area (Å²) in [5, 5.41) is 13.9. The Hall–Kier alpha value is -3.20. The molecule has 3 rings (SSSR count). The second kappa shape index (κ2) is 13.4. The smallest absolute Gasteiger partial charge is 0.308 e. The van der Waals surface area contributed by atoms with Gasteiger partial charge in [0.1, 0.15) is 11.6 Å². The Morgan fingerprint density at radius 2 is 1.52 bits per heavy atom. The Bertz CT molecular complexity index is 1230. The second-order valence-electron chi connectivity index (χ2n) is 11.7. The van der Waals surface area contributed by atoms with Gasteiger partial charge in [-0.1, -0.05) is 57.2 Å². The van der Waals surface area contributed by atoms with Crippen LogP contribution < -0.4 is 15.8 Å². The van der Waals surface area contributed by atoms with Gasteiger partial charge in [-0.2, -0.15) is 0 Å². The van der Waals surface area contributed by atoms with Crippen molar-refractivity contribution in [3.63, 3.8) is 0 Å². The molecule has 0 saturated heterocycles. The Morgan fingerprint density at radius 3 is 2.02 bits per heavy atom. The first kappa shape index (κ1) is 31.3. The lowest BCUT2D eigenvalue weighted by atomic mass is 9.87. The predicted octanol–water partition coefficient (Wildman–Crippen LogP) is 7.69. The summed E-state index contributed by atoms with van der Waals surface area (Å²) >= 11 is 0. The lowest BCUT2D eigenvalue weighted by Crippen LogP contribution is -2.42. The first-order chi connectivity index (χ1) is 18.8. The molecule has 0 radical (unpaired) electrons. The maximum Gasteiger partial charge on any atom is 0.308 e. The zero-order valence-electron chi connectivity index (χ0n) is 24.4. The first-order valence-corrected chi connectivity index (χ1v) is 16.6. The topological polar surface area (TPSA) is 93.8 Å². The van der Waals surface area contributed by atoms with Crippen LogP contribution in [0.5, 0.6) is 5.75 Å². The maximum atomic E-state index is 13.8. The van der Waals surface area contributed by atoms with E-state index < -0.39 is 26.2 Å². The Kier molecular flexibility index (Phi) is 10.5. The van der Waals surface area contributed by atoms with Crippen LogP contribution in [-0.2, 0) is 15.8 Å². The van der Waals surface area contributed by atoms with Gasteiger partial charge in [0, 0.05) is 12.2 Å². The van der Waals surface area contributed by atoms with Crippen molar-refractivity contribution in [2.75, 3.05) is 12.4 Å². The monoisotopic (exact) mass is 566 g/mol. The molecule has 0 saturated carbocycles. The SMILES string of the molecule is COc1ccc(C(Nc2ccc(CN)cc2)[C@@H](CC[C@H](O[Si](C)(C)C(C)(C)C)c2ccc(F)cc2)C(=O)O)cc1. The maximum absolute atomic E-state index is 13.8. The molecule has 0 aliphatic rings. The van der Waals surface area contributed by atoms with E-state index in [0.29, 0.717) is 25.1 Å². The fourth-order valence-corrected chi connectivity index (χ4v) is 5.73. The number of carboxylic acid groups (broad SMARTS) is 1. The van der Waals surface area contributed by atoms with E-state index in [1.807, 2.05) is 48.5 Å². The fourth-order valence-electron chi connectivity index (χ4n) is 4.41. The van der Waals surface area contributed by atoms with E-state index in [9.17, 15) is 14.3 Å². The van der Waals surface area contributed by atoms with Crippen LogP contribution >= 0.6 is 0 Å². The highest BCUT2D eigenvalue weighted by atomic mass is 28.4. The molecule has 3 aromatic rings. The number of hydrogen-bond acceptors (Lipinski definition) is 5. The Balaban J connectivity index is 1.95. The predicted molar refractivity (Wildman–Crippen MR) is 161 cm³/mol. The summed E-state index contributed by atoms with van der Waals surface area (Å²) in [6.45, 7) is 11.3. The molecular formula is C32H43FN2O4Si. The molecule has 0 heterocycles. The van der Waals surface area contributed by atoms with Crippen LogP contribution in [0.15, 0.2) is 72.8 Å². The lowest BCUT2D eigenvalue weighted by molar-refractivity contribution is -0.142. The van der Waals surface area contributed by atoms with Gasteiger partial charge in [0.15, 0.2) is 8.32 Å². The van der Waals surface area contributed by atoms with E-state index >= 15 is 0 Å². The van der Waals surface area contributed by atoms with Crippen molar-refractivity contribution in [1.82, 2.24) is 0 Å². The highest BCUT2D eigenvalue weighted by Gasteiger charge is 2.40. The van der Waals surface area contributed by atoms with Crippen molar-refractivity contribution in [2.24, 2.45) is 11.7 Å². The minimum atomic E-state index is -2.22. The van der Waals surface area contributed by atoms with Gasteiger partial charge in [0.05, 0.1) is 25.2 Å². The molecule has 3 atom stereocenters. The quantitative estimate of drug-likeness (QED) is 0.184. The molecule has 0 spiro atoms. The first-order valence-electron chi connectivity index (χ1n) is 13.7. The van der Waals surface area contributed by atoms with E-state index in [-0.39, 0.29) is 17.0 Å². The summed E-state index contributed by atoms with van der Waals surface area (Å²) < 4.78 is 25.9. The van der Waals surface area contributed by atoms with Crippen LogP contribution in [0.4, 0.5) is 10.1 Å². The molecule has 216 valence electrons. The van der Waals surface area contributed by atoms with E-state index in [1.165, 1.54) is 12.1 Å². The molecular weight excluding hydrogens is 523 g/mol. The summed E-state index contributed by atoms with van der Waals surface area (Å²) in [5.41, 5.74) is 9.24. The third-order valence-electron chi connectivity index (χ3n) is 7.93. The van der Waals surface area contributed by atoms with Crippen molar-refractivity contribution < 1.29 is 23.5 Å². The van der Waals surface area contributed by atoms with E-state index in [4.69, 9.17) is 14.9 Å². The van der Waals surface area contributed by atoms with Gasteiger partial charge in [-0.3, -0.25) is 4.79 Å². The summed E-state index contributed by atoms with van der Waals surface area (Å²) in [5.74, 6) is -1.30. The average Bonchev–Trinajstić information content (AvgIpc) is 2.92. The summed E-state index contributed by atoms with van der Waals surface area (Å²) in [6.07, 6.45) is 0.454. The van der Waals surface area contributed by atoms with Crippen molar-refractivity contribution in [2.45, 2.75) is 70.4 Å². The van der Waals surface area contributed by atoms with Gasteiger partial charge in [0.2, 0.25) is 0 Å². The molecule has 0 amide bonds. The third kappa shape index (κ3) is 8.16. The largest absolute Gasteiger partial charge is 0.497 e. The summed E-state index contributed by atoms with van der Waals surface area (Å²) in [6, 6.07) is 21.0. The van der Waals surface area contributed by atoms with Gasteiger partial charge >= 0.3 is 5.97 Å². The molecule has 4 N–H and O–H groups in total. The van der Waals surface area contributed by atoms with E-state index in [0.717, 1.165) is 22.4 Å². The van der Waals surface area contributed by atoms with Gasteiger partial charge in [-0.25, -0.2) is 4.39 Å². The van der Waals surface area contributed by atoms with Gasteiger partial charge in [-0.15, -0.1) is 0 Å². The molecule has 0 aliphatic carbocycles. The number of halogens is 1. The molecule has 0 fully saturated rings. The molecule has 6 nitrogen and oxygen atoms in total. The number of carboxylic acids is 1. The summed E-state index contributed by atoms with van der Waals surface area (Å²) in [7, 11) is -0.617. The van der Waals surface area contributed by atoms with Crippen LogP contribution in [0.2, 0.25) is 18.1 Å². The van der Waals surface area contributed by atoms with E-state index in [2.05, 4.69) is 39.2 Å². The fraction of sp³-hybridized carbons (Fsp3) is 0.406. The van der Waals surface area contributed by atoms with Crippen LogP contribution in [-0.4, -0.2) is 26.5 Å². The molecule has 3 aromatic carbocycles. The number of nitrogens with one attached hydrogen (secondary N) is 1. The highest BCUT2D eigenvalue weighted by Crippen LogP contribution is 2.42. The normalized spacial score (nSPS) is 14.3. The molecule has 0 aliphatic heterocycles. The average molecular weight is 567 g/mol. The summed E-state index contributed by atoms with van der Waals surface area (Å²) in [4.78, 5) is 12.8. The van der Waals surface area contributed by atoms with Crippen LogP contribution in [0, 0.1) is 11.7 Å². The number of benzene rings is 3. The number of rotatable bonds is 13. The Morgan fingerprint density at radius 1 is 0.950 bits per heavy atom. The Labute approximate surface area is 238 Å². The van der Waals surface area contributed by atoms with Crippen molar-refractivity contribution in [3.05, 3.63) is 95.3 Å². The van der Waals surface area contributed by atoms with Crippen molar-refractivity contribution >= 4 is 20.0 Å². The number of anilines is 1. The van der Waals surface area contributed by atoms with Crippen LogP contribution in [0.1, 0.15) is 62.4 Å². The third-order valence-corrected chi connectivity index (χ3v) is 12.4. The molecule has 0 bridgehead atoms. The number of methoxy groups -OCH3 is 1. The number of aliphatic carboxylic acids is 1. The molecule has 1 unspecified atom stereocenters. The van der Waals surface area contributed by atoms with Crippen molar-refractivity contribution in [1.29, 1.82) is 0 Å². The molecule has 8 heteroatoms. The molecule has 0 aromatic heterocycles. The number of nitrogens with two attached hydrogens (primary N) is 1. The highest BCUT2D eigenvalue weighted by molar-refractivity contribution is 6.74. The minimum Gasteiger partial charge on any atom is -0.497 e. The zero-order valence-corrected chi connectivity index (χ0v) is 25.4. The molecule has 40 heavy (non-hydrogen) atoms. The lowest BCUT2D eigenvalue weighted by Gasteiger charge is -2.40. The van der Waals surface area contributed by atoms with Gasteiger partial charge < -0.3 is 25.3 Å². The van der Waals surface area contributed by atoms with Crippen LogP contribution in [0.25, 0.3) is 0 Å². The zero-order chi connectivity index (χ0) is 29.5. The van der Waals surface area contributed by atoms with Gasteiger partial charge in [-0.05, 0) is 84.1 Å². The number of ether oxygens (including phenoxy) is 1. The number of hydrogen-bond donors (Lipinski definition) is 3. The van der Waals surface area contributed by atoms with Crippen LogP contribution in [0.3, 0.4) is 0 Å². The number of carbonyl (C=O) groups is 1.